The third-order valence-corrected chi connectivity index (χ3v) is 2.64. The van der Waals surface area contributed by atoms with Gasteiger partial charge in [0.1, 0.15) is 18.1 Å². The molecule has 16 heavy (non-hydrogen) atoms. The van der Waals surface area contributed by atoms with Crippen LogP contribution in [-0.2, 0) is 6.67 Å². The molecule has 1 aromatic rings. The van der Waals surface area contributed by atoms with Gasteiger partial charge in [0, 0.05) is 6.07 Å². The van der Waals surface area contributed by atoms with Gasteiger partial charge in [-0.1, -0.05) is 0 Å². The number of alkyl halides is 4. The van der Waals surface area contributed by atoms with Gasteiger partial charge in [-0.25, -0.2) is 9.37 Å². The lowest BCUT2D eigenvalue weighted by Gasteiger charge is -2.12. The molecular weight excluding hydrogens is 345 g/mol. The standard InChI is InChI=1S/C8H4F4INO2/c9-2-5-7(13)6(16-8(10,11)12)1-4(3-15)14-5/h1,3H,2H2. The van der Waals surface area contributed by atoms with E-state index in [2.05, 4.69) is 9.72 Å². The van der Waals surface area contributed by atoms with E-state index in [1.165, 1.54) is 22.6 Å². The van der Waals surface area contributed by atoms with Crippen molar-refractivity contribution < 1.29 is 27.1 Å². The maximum atomic E-state index is 12.4. The highest BCUT2D eigenvalue weighted by Gasteiger charge is 2.32. The number of halogens is 5. The van der Waals surface area contributed by atoms with Crippen molar-refractivity contribution in [2.75, 3.05) is 0 Å². The molecule has 0 fully saturated rings. The van der Waals surface area contributed by atoms with Crippen LogP contribution in [0.25, 0.3) is 0 Å². The first-order valence-corrected chi connectivity index (χ1v) is 4.91. The first kappa shape index (κ1) is 13.1. The zero-order valence-electron chi connectivity index (χ0n) is 7.52. The highest BCUT2D eigenvalue weighted by Crippen LogP contribution is 2.30. The molecule has 0 saturated heterocycles. The van der Waals surface area contributed by atoms with Gasteiger partial charge in [-0.15, -0.1) is 13.2 Å². The van der Waals surface area contributed by atoms with E-state index in [9.17, 15) is 22.4 Å². The Morgan fingerprint density at radius 1 is 1.50 bits per heavy atom. The van der Waals surface area contributed by atoms with Gasteiger partial charge in [0.15, 0.2) is 6.29 Å². The summed E-state index contributed by atoms with van der Waals surface area (Å²) in [5, 5.41) is 0. The van der Waals surface area contributed by atoms with Gasteiger partial charge in [0.05, 0.1) is 9.26 Å². The zero-order valence-corrected chi connectivity index (χ0v) is 9.67. The van der Waals surface area contributed by atoms with Crippen LogP contribution in [-0.4, -0.2) is 17.6 Å². The van der Waals surface area contributed by atoms with E-state index in [1.54, 1.807) is 0 Å². The fraction of sp³-hybridized carbons (Fsp3) is 0.250. The van der Waals surface area contributed by atoms with Gasteiger partial charge in [0.25, 0.3) is 0 Å². The molecule has 0 bridgehead atoms. The number of carbonyl (C=O) groups is 1. The number of hydrogen-bond donors (Lipinski definition) is 0. The number of aromatic nitrogens is 1. The number of pyridine rings is 1. The molecule has 0 aliphatic carbocycles. The molecule has 88 valence electrons. The van der Waals surface area contributed by atoms with Crippen LogP contribution >= 0.6 is 22.6 Å². The normalized spacial score (nSPS) is 11.3. The molecule has 0 radical (unpaired) electrons. The van der Waals surface area contributed by atoms with Crippen LogP contribution in [0.15, 0.2) is 6.07 Å². The summed E-state index contributed by atoms with van der Waals surface area (Å²) in [7, 11) is 0. The average molecular weight is 349 g/mol. The maximum absolute atomic E-state index is 12.4. The zero-order chi connectivity index (χ0) is 12.3. The number of aldehydes is 1. The number of rotatable bonds is 3. The topological polar surface area (TPSA) is 39.2 Å². The number of ether oxygens (including phenoxy) is 1. The lowest BCUT2D eigenvalue weighted by atomic mass is 10.3. The van der Waals surface area contributed by atoms with E-state index >= 15 is 0 Å². The SMILES string of the molecule is O=Cc1cc(OC(F)(F)F)c(I)c(CF)n1. The molecule has 1 heterocycles. The van der Waals surface area contributed by atoms with Crippen molar-refractivity contribution in [1.82, 2.24) is 4.98 Å². The first-order valence-electron chi connectivity index (χ1n) is 3.83. The Kier molecular flexibility index (Phi) is 4.05. The average Bonchev–Trinajstić information content (AvgIpc) is 2.19. The van der Waals surface area contributed by atoms with E-state index < -0.39 is 18.8 Å². The minimum Gasteiger partial charge on any atom is -0.405 e. The van der Waals surface area contributed by atoms with Crippen molar-refractivity contribution in [3.8, 4) is 5.75 Å². The summed E-state index contributed by atoms with van der Waals surface area (Å²) < 4.78 is 51.8. The molecule has 1 aromatic heterocycles. The van der Waals surface area contributed by atoms with Gasteiger partial charge in [0.2, 0.25) is 0 Å². The summed E-state index contributed by atoms with van der Waals surface area (Å²) >= 11 is 1.47. The predicted octanol–water partition coefficient (Wildman–Crippen LogP) is 2.87. The Labute approximate surface area is 101 Å². The predicted molar refractivity (Wildman–Crippen MR) is 53.8 cm³/mol. The second-order valence-electron chi connectivity index (χ2n) is 2.61. The number of hydrogen-bond acceptors (Lipinski definition) is 3. The summed E-state index contributed by atoms with van der Waals surface area (Å²) in [6.45, 7) is -1.08. The third-order valence-electron chi connectivity index (χ3n) is 1.49. The second kappa shape index (κ2) is 4.93. The maximum Gasteiger partial charge on any atom is 0.573 e. The fourth-order valence-corrected chi connectivity index (χ4v) is 1.46. The minimum atomic E-state index is -4.89. The van der Waals surface area contributed by atoms with Crippen LogP contribution in [0.2, 0.25) is 0 Å². The lowest BCUT2D eigenvalue weighted by Crippen LogP contribution is -2.18. The van der Waals surface area contributed by atoms with Crippen LogP contribution in [0.3, 0.4) is 0 Å². The molecule has 0 N–H and O–H groups in total. The van der Waals surface area contributed by atoms with Crippen molar-refractivity contribution in [3.63, 3.8) is 0 Å². The van der Waals surface area contributed by atoms with E-state index in [-0.39, 0.29) is 21.2 Å². The summed E-state index contributed by atoms with van der Waals surface area (Å²) in [6, 6.07) is 0.807. The lowest BCUT2D eigenvalue weighted by molar-refractivity contribution is -0.275. The molecule has 0 saturated carbocycles. The fourth-order valence-electron chi connectivity index (χ4n) is 0.925. The molecule has 0 aliphatic heterocycles. The Morgan fingerprint density at radius 3 is 2.56 bits per heavy atom. The van der Waals surface area contributed by atoms with Crippen molar-refractivity contribution in [2.45, 2.75) is 13.0 Å². The van der Waals surface area contributed by atoms with Gasteiger partial charge < -0.3 is 4.74 Å². The summed E-state index contributed by atoms with van der Waals surface area (Å²) in [5.41, 5.74) is -0.572. The smallest absolute Gasteiger partial charge is 0.405 e. The summed E-state index contributed by atoms with van der Waals surface area (Å²) in [5.74, 6) is -0.627. The Bertz CT molecular complexity index is 408. The van der Waals surface area contributed by atoms with Crippen LogP contribution in [0.4, 0.5) is 17.6 Å². The van der Waals surface area contributed by atoms with E-state index in [1.807, 2.05) is 0 Å². The van der Waals surface area contributed by atoms with Gasteiger partial charge in [-0.2, -0.15) is 0 Å². The van der Waals surface area contributed by atoms with Crippen molar-refractivity contribution in [1.29, 1.82) is 0 Å². The van der Waals surface area contributed by atoms with E-state index in [0.29, 0.717) is 0 Å². The summed E-state index contributed by atoms with van der Waals surface area (Å²) in [6.07, 6.45) is -4.67. The molecule has 0 amide bonds. The van der Waals surface area contributed by atoms with Crippen LogP contribution < -0.4 is 4.74 Å². The Balaban J connectivity index is 3.21. The van der Waals surface area contributed by atoms with Gasteiger partial charge in [-0.05, 0) is 22.6 Å². The Morgan fingerprint density at radius 2 is 2.12 bits per heavy atom. The molecule has 0 spiro atoms. The highest BCUT2D eigenvalue weighted by atomic mass is 127. The number of nitrogens with zero attached hydrogens (tertiary/aromatic N) is 1. The third kappa shape index (κ3) is 3.29. The molecule has 0 atom stereocenters. The molecule has 0 unspecified atom stereocenters. The molecule has 8 heteroatoms. The van der Waals surface area contributed by atoms with Crippen molar-refractivity contribution in [2.24, 2.45) is 0 Å². The quantitative estimate of drug-likeness (QED) is 0.479. The van der Waals surface area contributed by atoms with Gasteiger partial charge in [-0.3, -0.25) is 4.79 Å². The van der Waals surface area contributed by atoms with Crippen molar-refractivity contribution >= 4 is 28.9 Å². The Hall–Kier alpha value is -0.930. The molecule has 1 rings (SSSR count). The monoisotopic (exact) mass is 349 g/mol. The molecule has 0 aliphatic rings. The van der Waals surface area contributed by atoms with Crippen LogP contribution in [0.5, 0.6) is 5.75 Å². The van der Waals surface area contributed by atoms with E-state index in [0.717, 1.165) is 6.07 Å². The highest BCUT2D eigenvalue weighted by molar-refractivity contribution is 14.1. The molecule has 0 aromatic carbocycles. The van der Waals surface area contributed by atoms with Crippen molar-refractivity contribution in [3.05, 3.63) is 21.0 Å². The number of carbonyl (C=O) groups excluding carboxylic acids is 1. The van der Waals surface area contributed by atoms with Gasteiger partial charge >= 0.3 is 6.36 Å². The summed E-state index contributed by atoms with van der Waals surface area (Å²) in [4.78, 5) is 13.9. The largest absolute Gasteiger partial charge is 0.573 e. The molecule has 3 nitrogen and oxygen atoms in total. The molecular formula is C8H4F4INO2. The first-order chi connectivity index (χ1) is 7.37. The van der Waals surface area contributed by atoms with Crippen LogP contribution in [0.1, 0.15) is 16.2 Å². The van der Waals surface area contributed by atoms with E-state index in [4.69, 9.17) is 0 Å². The second-order valence-corrected chi connectivity index (χ2v) is 3.68. The minimum absolute atomic E-state index is 0.108. The van der Waals surface area contributed by atoms with Crippen LogP contribution in [0, 0.1) is 3.57 Å².